The Labute approximate surface area is 160 Å². The fraction of sp³-hybridized carbons (Fsp3) is 0.0385. The zero-order chi connectivity index (χ0) is 17.7. The van der Waals surface area contributed by atoms with E-state index in [0.29, 0.717) is 6.42 Å². The van der Waals surface area contributed by atoms with Gasteiger partial charge in [-0.3, -0.25) is 4.79 Å². The summed E-state index contributed by atoms with van der Waals surface area (Å²) in [7, 11) is 0. The first-order valence-electron chi connectivity index (χ1n) is 9.40. The zero-order valence-electron chi connectivity index (χ0n) is 15.0. The van der Waals surface area contributed by atoms with Gasteiger partial charge < -0.3 is 5.48 Å². The van der Waals surface area contributed by atoms with E-state index in [1.165, 1.54) is 48.3 Å². The molecule has 0 heterocycles. The van der Waals surface area contributed by atoms with Crippen molar-refractivity contribution in [2.75, 3.05) is 0 Å². The smallest absolute Gasteiger partial charge is 0.167 e. The van der Waals surface area contributed by atoms with Crippen LogP contribution in [0.2, 0.25) is 0 Å². The van der Waals surface area contributed by atoms with Crippen LogP contribution in [0.25, 0.3) is 59.9 Å². The van der Waals surface area contributed by atoms with Crippen LogP contribution in [0.4, 0.5) is 0 Å². The zero-order valence-corrected chi connectivity index (χ0v) is 15.0. The molecule has 0 bridgehead atoms. The molecule has 0 atom stereocenters. The van der Waals surface area contributed by atoms with Gasteiger partial charge in [0.1, 0.15) is 0 Å². The van der Waals surface area contributed by atoms with Crippen LogP contribution in [0.1, 0.15) is 16.8 Å². The minimum Gasteiger partial charge on any atom is -0.412 e. The molecule has 6 aromatic carbocycles. The second kappa shape index (κ2) is 5.06. The third-order valence-corrected chi connectivity index (χ3v) is 6.35. The Morgan fingerprint density at radius 3 is 1.86 bits per heavy atom. The van der Waals surface area contributed by atoms with Gasteiger partial charge in [0.2, 0.25) is 0 Å². The van der Waals surface area contributed by atoms with E-state index in [4.69, 9.17) is 0 Å². The molecule has 7 rings (SSSR count). The standard InChI is InChI=1S/C26H14O.H2O/c27-21-13-12-19-15-7-1-3-8-16(15)22-20-11-5-10-17-14-6-2-4-9-18(14)24(23(17)20)26(21)25(19)22;/h1-12H,13H2;1H2. The minimum atomic E-state index is 0. The summed E-state index contributed by atoms with van der Waals surface area (Å²) >= 11 is 0. The molecule has 0 saturated heterocycles. The highest BCUT2D eigenvalue weighted by atomic mass is 16.1. The molecule has 0 aromatic heterocycles. The lowest BCUT2D eigenvalue weighted by Crippen LogP contribution is -2.12. The molecule has 0 amide bonds. The molecule has 2 N–H and O–H groups in total. The average Bonchev–Trinajstić information content (AvgIpc) is 3.22. The van der Waals surface area contributed by atoms with E-state index in [9.17, 15) is 4.79 Å². The highest BCUT2D eigenvalue weighted by Gasteiger charge is 2.26. The van der Waals surface area contributed by atoms with Crippen LogP contribution in [0.15, 0.2) is 66.7 Å². The Bertz CT molecular complexity index is 1660. The fourth-order valence-electron chi connectivity index (χ4n) is 5.38. The maximum absolute atomic E-state index is 13.2. The predicted octanol–water partition coefficient (Wildman–Crippen LogP) is 5.15. The van der Waals surface area contributed by atoms with E-state index in [1.54, 1.807) is 0 Å². The van der Waals surface area contributed by atoms with Crippen molar-refractivity contribution < 1.29 is 10.3 Å². The summed E-state index contributed by atoms with van der Waals surface area (Å²) in [5, 5.41) is 13.5. The first-order valence-corrected chi connectivity index (χ1v) is 9.40. The first-order chi connectivity index (χ1) is 13.3. The third kappa shape index (κ3) is 1.57. The quantitative estimate of drug-likeness (QED) is 0.369. The first kappa shape index (κ1) is 15.6. The molecular weight excluding hydrogens is 344 g/mol. The summed E-state index contributed by atoms with van der Waals surface area (Å²) in [4.78, 5) is 13.2. The van der Waals surface area contributed by atoms with Crippen molar-refractivity contribution in [2.45, 2.75) is 6.42 Å². The van der Waals surface area contributed by atoms with Crippen LogP contribution in [0.3, 0.4) is 0 Å². The molecule has 132 valence electrons. The normalized spacial score (nSPS) is 13.6. The van der Waals surface area contributed by atoms with E-state index in [1.807, 2.05) is 0 Å². The Balaban J connectivity index is 0.00000156. The molecule has 1 aliphatic carbocycles. The van der Waals surface area contributed by atoms with Gasteiger partial charge >= 0.3 is 0 Å². The molecule has 6 aromatic rings. The molecule has 2 nitrogen and oxygen atoms in total. The second-order valence-corrected chi connectivity index (χ2v) is 7.56. The molecule has 0 radical (unpaired) electrons. The number of hydrogen-bond acceptors (Lipinski definition) is 1. The SMILES string of the molecule is O.O=C1CC=c2c3ccccc3c3c2c1c1c2ccccc2c2cccc3c21. The Kier molecular flexibility index (Phi) is 2.81. The van der Waals surface area contributed by atoms with Crippen LogP contribution in [-0.4, -0.2) is 11.3 Å². The highest BCUT2D eigenvalue weighted by molar-refractivity contribution is 6.43. The molecule has 28 heavy (non-hydrogen) atoms. The van der Waals surface area contributed by atoms with Crippen molar-refractivity contribution in [3.8, 4) is 0 Å². The lowest BCUT2D eigenvalue weighted by molar-refractivity contribution is 0.100. The molecule has 2 heteroatoms. The number of rotatable bonds is 0. The number of carbonyl (C=O) groups is 1. The van der Waals surface area contributed by atoms with Crippen molar-refractivity contribution in [2.24, 2.45) is 0 Å². The largest absolute Gasteiger partial charge is 0.412 e. The Morgan fingerprint density at radius 1 is 0.536 bits per heavy atom. The number of hydrogen-bond donors (Lipinski definition) is 0. The van der Waals surface area contributed by atoms with E-state index >= 15 is 0 Å². The van der Waals surface area contributed by atoms with Gasteiger partial charge in [-0.15, -0.1) is 0 Å². The van der Waals surface area contributed by atoms with Crippen molar-refractivity contribution in [3.05, 3.63) is 77.5 Å². The fourth-order valence-corrected chi connectivity index (χ4v) is 5.38. The van der Waals surface area contributed by atoms with Crippen molar-refractivity contribution >= 4 is 65.7 Å². The van der Waals surface area contributed by atoms with Gasteiger partial charge in [0.15, 0.2) is 5.78 Å². The van der Waals surface area contributed by atoms with Crippen LogP contribution < -0.4 is 5.22 Å². The molecule has 1 aliphatic rings. The third-order valence-electron chi connectivity index (χ3n) is 6.35. The summed E-state index contributed by atoms with van der Waals surface area (Å²) in [6.45, 7) is 0. The predicted molar refractivity (Wildman–Crippen MR) is 117 cm³/mol. The minimum absolute atomic E-state index is 0. The lowest BCUT2D eigenvalue weighted by atomic mass is 9.89. The van der Waals surface area contributed by atoms with Crippen LogP contribution in [-0.2, 0) is 0 Å². The second-order valence-electron chi connectivity index (χ2n) is 7.56. The summed E-state index contributed by atoms with van der Waals surface area (Å²) in [6.07, 6.45) is 2.61. The van der Waals surface area contributed by atoms with E-state index < -0.39 is 0 Å². The summed E-state index contributed by atoms with van der Waals surface area (Å²) in [6, 6.07) is 23.7. The highest BCUT2D eigenvalue weighted by Crippen LogP contribution is 2.46. The van der Waals surface area contributed by atoms with Gasteiger partial charge in [0.05, 0.1) is 0 Å². The Morgan fingerprint density at radius 2 is 1.07 bits per heavy atom. The van der Waals surface area contributed by atoms with E-state index in [-0.39, 0.29) is 11.3 Å². The Hall–Kier alpha value is -3.49. The summed E-state index contributed by atoms with van der Waals surface area (Å²) in [5.74, 6) is 0.242. The van der Waals surface area contributed by atoms with Gasteiger partial charge in [-0.25, -0.2) is 0 Å². The topological polar surface area (TPSA) is 48.6 Å². The van der Waals surface area contributed by atoms with Gasteiger partial charge in [-0.1, -0.05) is 72.8 Å². The van der Waals surface area contributed by atoms with Crippen LogP contribution in [0, 0.1) is 0 Å². The van der Waals surface area contributed by atoms with Gasteiger partial charge in [0, 0.05) is 22.8 Å². The van der Waals surface area contributed by atoms with E-state index in [0.717, 1.165) is 16.3 Å². The molecular formula is C26H16O2. The number of Topliss-reactive ketones (excluding diaryl/α,β-unsaturated/α-hetero) is 1. The number of ketones is 1. The number of benzene rings is 4. The lowest BCUT2D eigenvalue weighted by Gasteiger charge is -2.12. The van der Waals surface area contributed by atoms with Crippen LogP contribution in [0.5, 0.6) is 0 Å². The van der Waals surface area contributed by atoms with Crippen molar-refractivity contribution in [1.29, 1.82) is 0 Å². The van der Waals surface area contributed by atoms with Crippen LogP contribution >= 0.6 is 0 Å². The molecule has 0 spiro atoms. The summed E-state index contributed by atoms with van der Waals surface area (Å²) in [5.41, 5.74) is 0.934. The van der Waals surface area contributed by atoms with Crippen molar-refractivity contribution in [1.82, 2.24) is 0 Å². The number of carbonyl (C=O) groups excluding carboxylic acids is 1. The molecule has 0 aliphatic heterocycles. The van der Waals surface area contributed by atoms with Gasteiger partial charge in [-0.05, 0) is 48.3 Å². The maximum atomic E-state index is 13.2. The van der Waals surface area contributed by atoms with Gasteiger partial charge in [0.25, 0.3) is 0 Å². The van der Waals surface area contributed by atoms with Gasteiger partial charge in [-0.2, -0.15) is 0 Å². The molecule has 0 saturated carbocycles. The maximum Gasteiger partial charge on any atom is 0.167 e. The number of fused-ring (bicyclic) bond motifs is 8. The monoisotopic (exact) mass is 360 g/mol. The molecule has 0 unspecified atom stereocenters. The average molecular weight is 360 g/mol. The van der Waals surface area contributed by atoms with Crippen molar-refractivity contribution in [3.63, 3.8) is 0 Å². The molecule has 0 fully saturated rings. The summed E-state index contributed by atoms with van der Waals surface area (Å²) < 4.78 is 0. The van der Waals surface area contributed by atoms with E-state index in [2.05, 4.69) is 72.8 Å².